The van der Waals surface area contributed by atoms with Gasteiger partial charge in [0, 0.05) is 39.0 Å². The highest BCUT2D eigenvalue weighted by atomic mass is 15.3. The predicted molar refractivity (Wildman–Crippen MR) is 98.0 cm³/mol. The van der Waals surface area contributed by atoms with E-state index in [1.165, 1.54) is 5.56 Å². The Morgan fingerprint density at radius 2 is 1.88 bits per heavy atom. The first-order chi connectivity index (χ1) is 11.7. The first-order valence-electron chi connectivity index (χ1n) is 9.06. The molecule has 24 heavy (non-hydrogen) atoms. The fourth-order valence-corrected chi connectivity index (χ4v) is 3.18. The van der Waals surface area contributed by atoms with Crippen LogP contribution in [0, 0.1) is 5.92 Å². The van der Waals surface area contributed by atoms with Gasteiger partial charge < -0.3 is 4.57 Å². The average Bonchev–Trinajstić information content (AvgIpc) is 2.86. The van der Waals surface area contributed by atoms with Crippen molar-refractivity contribution in [2.75, 3.05) is 19.6 Å². The summed E-state index contributed by atoms with van der Waals surface area (Å²) in [6, 6.07) is 10.6. The first kappa shape index (κ1) is 16.9. The Kier molecular flexibility index (Phi) is 5.81. The largest absolute Gasteiger partial charge is 0.314 e. The maximum Gasteiger partial charge on any atom is 0.134 e. The van der Waals surface area contributed by atoms with E-state index in [2.05, 4.69) is 76.0 Å². The number of allylic oxidation sites excluding steroid dienone is 1. The summed E-state index contributed by atoms with van der Waals surface area (Å²) in [5.41, 5.74) is 1.36. The van der Waals surface area contributed by atoms with E-state index in [1.54, 1.807) is 0 Å². The van der Waals surface area contributed by atoms with Crippen molar-refractivity contribution in [1.82, 2.24) is 19.7 Å². The molecule has 0 unspecified atom stereocenters. The van der Waals surface area contributed by atoms with Gasteiger partial charge in [-0.25, -0.2) is 0 Å². The lowest BCUT2D eigenvalue weighted by molar-refractivity contribution is 0.307. The molecule has 4 nitrogen and oxygen atoms in total. The average molecular weight is 324 g/mol. The SMILES string of the molecule is CC(C)/C=C/CN1CCc2nnc(CCc3ccccc3)n2CC1. The second-order valence-corrected chi connectivity index (χ2v) is 6.89. The molecule has 0 N–H and O–H groups in total. The van der Waals surface area contributed by atoms with Crippen molar-refractivity contribution in [1.29, 1.82) is 0 Å². The van der Waals surface area contributed by atoms with Gasteiger partial charge in [-0.1, -0.05) is 56.3 Å². The Morgan fingerprint density at radius 1 is 1.04 bits per heavy atom. The number of aromatic nitrogens is 3. The molecule has 3 rings (SSSR count). The van der Waals surface area contributed by atoms with Crippen LogP contribution in [0.15, 0.2) is 42.5 Å². The van der Waals surface area contributed by atoms with E-state index >= 15 is 0 Å². The molecular weight excluding hydrogens is 296 g/mol. The maximum atomic E-state index is 4.45. The van der Waals surface area contributed by atoms with E-state index in [-0.39, 0.29) is 0 Å². The topological polar surface area (TPSA) is 34.0 Å². The van der Waals surface area contributed by atoms with Gasteiger partial charge in [-0.05, 0) is 17.9 Å². The number of fused-ring (bicyclic) bond motifs is 1. The molecule has 0 saturated heterocycles. The lowest BCUT2D eigenvalue weighted by atomic mass is 10.1. The molecule has 1 aliphatic heterocycles. The minimum absolute atomic E-state index is 0.626. The van der Waals surface area contributed by atoms with Gasteiger partial charge in [0.25, 0.3) is 0 Å². The number of hydrogen-bond acceptors (Lipinski definition) is 3. The summed E-state index contributed by atoms with van der Waals surface area (Å²) < 4.78 is 2.34. The van der Waals surface area contributed by atoms with Crippen molar-refractivity contribution >= 4 is 0 Å². The van der Waals surface area contributed by atoms with Gasteiger partial charge in [-0.3, -0.25) is 4.90 Å². The molecule has 128 valence electrons. The summed E-state index contributed by atoms with van der Waals surface area (Å²) in [4.78, 5) is 2.51. The number of aryl methyl sites for hydroxylation is 2. The van der Waals surface area contributed by atoms with E-state index in [4.69, 9.17) is 0 Å². The van der Waals surface area contributed by atoms with Crippen LogP contribution in [0.25, 0.3) is 0 Å². The predicted octanol–water partition coefficient (Wildman–Crippen LogP) is 3.13. The summed E-state index contributed by atoms with van der Waals surface area (Å²) in [5.74, 6) is 2.91. The van der Waals surface area contributed by atoms with E-state index in [0.29, 0.717) is 5.92 Å². The minimum atomic E-state index is 0.626. The molecule has 0 atom stereocenters. The summed E-state index contributed by atoms with van der Waals surface area (Å²) in [5, 5.41) is 8.89. The van der Waals surface area contributed by atoms with Crippen molar-refractivity contribution in [3.63, 3.8) is 0 Å². The fourth-order valence-electron chi connectivity index (χ4n) is 3.18. The van der Waals surface area contributed by atoms with Crippen LogP contribution in [0.1, 0.15) is 31.1 Å². The van der Waals surface area contributed by atoms with E-state index < -0.39 is 0 Å². The zero-order chi connectivity index (χ0) is 16.8. The third kappa shape index (κ3) is 4.54. The number of rotatable bonds is 6. The van der Waals surface area contributed by atoms with Gasteiger partial charge in [-0.2, -0.15) is 0 Å². The number of benzene rings is 1. The van der Waals surface area contributed by atoms with Crippen LogP contribution in [-0.4, -0.2) is 39.3 Å². The molecule has 0 radical (unpaired) electrons. The molecule has 1 aliphatic rings. The van der Waals surface area contributed by atoms with Gasteiger partial charge in [0.05, 0.1) is 0 Å². The third-order valence-electron chi connectivity index (χ3n) is 4.56. The summed E-state index contributed by atoms with van der Waals surface area (Å²) >= 11 is 0. The van der Waals surface area contributed by atoms with Crippen LogP contribution >= 0.6 is 0 Å². The summed E-state index contributed by atoms with van der Waals surface area (Å²) in [7, 11) is 0. The molecule has 0 aliphatic carbocycles. The smallest absolute Gasteiger partial charge is 0.134 e. The fraction of sp³-hybridized carbons (Fsp3) is 0.500. The first-order valence-corrected chi connectivity index (χ1v) is 9.06. The van der Waals surface area contributed by atoms with Crippen LogP contribution in [-0.2, 0) is 25.8 Å². The minimum Gasteiger partial charge on any atom is -0.314 e. The van der Waals surface area contributed by atoms with Gasteiger partial charge >= 0.3 is 0 Å². The molecule has 1 aromatic heterocycles. The Hall–Kier alpha value is -1.94. The number of hydrogen-bond donors (Lipinski definition) is 0. The molecular formula is C20H28N4. The van der Waals surface area contributed by atoms with Crippen LogP contribution < -0.4 is 0 Å². The van der Waals surface area contributed by atoms with E-state index in [1.807, 2.05) is 0 Å². The molecule has 2 aromatic rings. The van der Waals surface area contributed by atoms with Gasteiger partial charge in [0.2, 0.25) is 0 Å². The molecule has 2 heterocycles. The van der Waals surface area contributed by atoms with Crippen molar-refractivity contribution in [3.05, 3.63) is 59.7 Å². The summed E-state index contributed by atoms with van der Waals surface area (Å²) in [6.07, 6.45) is 7.57. The maximum absolute atomic E-state index is 4.45. The second kappa shape index (κ2) is 8.25. The molecule has 0 amide bonds. The Bertz CT molecular complexity index is 658. The standard InChI is InChI=1S/C20H28N4/c1-17(2)7-6-13-23-14-12-20-22-21-19(24(20)16-15-23)11-10-18-8-4-3-5-9-18/h3-9,17H,10-16H2,1-2H3/b7-6+. The van der Waals surface area contributed by atoms with Crippen LogP contribution in [0.2, 0.25) is 0 Å². The summed E-state index contributed by atoms with van der Waals surface area (Å²) in [6.45, 7) is 8.63. The van der Waals surface area contributed by atoms with Crippen molar-refractivity contribution in [2.45, 2.75) is 39.7 Å². The molecule has 0 fully saturated rings. The van der Waals surface area contributed by atoms with E-state index in [0.717, 1.165) is 57.1 Å². The Morgan fingerprint density at radius 3 is 2.67 bits per heavy atom. The van der Waals surface area contributed by atoms with Gasteiger partial charge in [0.15, 0.2) is 0 Å². The highest BCUT2D eigenvalue weighted by molar-refractivity contribution is 5.15. The van der Waals surface area contributed by atoms with Crippen LogP contribution in [0.5, 0.6) is 0 Å². The number of nitrogens with zero attached hydrogens (tertiary/aromatic N) is 4. The lowest BCUT2D eigenvalue weighted by Gasteiger charge is -2.17. The molecule has 0 spiro atoms. The zero-order valence-electron chi connectivity index (χ0n) is 14.9. The lowest BCUT2D eigenvalue weighted by Crippen LogP contribution is -2.27. The normalized spacial score (nSPS) is 15.8. The van der Waals surface area contributed by atoms with Crippen molar-refractivity contribution < 1.29 is 0 Å². The van der Waals surface area contributed by atoms with Gasteiger partial charge in [0.1, 0.15) is 11.6 Å². The van der Waals surface area contributed by atoms with Crippen LogP contribution in [0.4, 0.5) is 0 Å². The zero-order valence-corrected chi connectivity index (χ0v) is 14.9. The third-order valence-corrected chi connectivity index (χ3v) is 4.56. The van der Waals surface area contributed by atoms with Crippen molar-refractivity contribution in [2.24, 2.45) is 5.92 Å². The highest BCUT2D eigenvalue weighted by Crippen LogP contribution is 2.12. The molecule has 1 aromatic carbocycles. The Balaban J connectivity index is 1.58. The Labute approximate surface area is 145 Å². The quantitative estimate of drug-likeness (QED) is 0.766. The monoisotopic (exact) mass is 324 g/mol. The molecule has 0 saturated carbocycles. The van der Waals surface area contributed by atoms with Crippen molar-refractivity contribution in [3.8, 4) is 0 Å². The second-order valence-electron chi connectivity index (χ2n) is 6.89. The van der Waals surface area contributed by atoms with Gasteiger partial charge in [-0.15, -0.1) is 10.2 Å². The van der Waals surface area contributed by atoms with Crippen LogP contribution in [0.3, 0.4) is 0 Å². The molecule has 0 bridgehead atoms. The van der Waals surface area contributed by atoms with E-state index in [9.17, 15) is 0 Å². The molecule has 4 heteroatoms. The highest BCUT2D eigenvalue weighted by Gasteiger charge is 2.17.